The topological polar surface area (TPSA) is 104 Å². The molecule has 2 N–H and O–H groups in total. The van der Waals surface area contributed by atoms with Gasteiger partial charge in [0, 0.05) is 5.69 Å². The highest BCUT2D eigenvalue weighted by atomic mass is 19.1. The fraction of sp³-hybridized carbons (Fsp3) is 0.238. The maximum absolute atomic E-state index is 14.2. The Hall–Kier alpha value is -3.73. The van der Waals surface area contributed by atoms with E-state index in [1.807, 2.05) is 13.8 Å². The lowest BCUT2D eigenvalue weighted by molar-refractivity contribution is 0.102. The number of hydrogen-bond donors (Lipinski definition) is 2. The van der Waals surface area contributed by atoms with Crippen LogP contribution in [0.4, 0.5) is 21.6 Å². The highest BCUT2D eigenvalue weighted by molar-refractivity contribution is 6.05. The van der Waals surface area contributed by atoms with Crippen LogP contribution in [0.2, 0.25) is 0 Å². The van der Waals surface area contributed by atoms with Crippen LogP contribution in [0.15, 0.2) is 34.9 Å². The molecule has 0 saturated heterocycles. The first kappa shape index (κ1) is 20.0. The SMILES string of the molecule is CCc1nnc(Nc2ccc(F)c(NC(=O)c3ccoc3C)c2)c(C#N)c1CC. The standard InChI is InChI=1S/C21H20FN5O2/c1-4-14-16(11-23)20(27-26-18(14)5-2)24-13-6-7-17(22)19(10-13)25-21(28)15-8-9-29-12(15)3/h6-10H,4-5H2,1-3H3,(H,24,27)(H,25,28). The summed E-state index contributed by atoms with van der Waals surface area (Å²) in [6.07, 6.45) is 2.71. The van der Waals surface area contributed by atoms with Crippen molar-refractivity contribution >= 4 is 23.1 Å². The summed E-state index contributed by atoms with van der Waals surface area (Å²) in [5.41, 5.74) is 2.79. The summed E-state index contributed by atoms with van der Waals surface area (Å²) in [6, 6.07) is 7.84. The van der Waals surface area contributed by atoms with Gasteiger partial charge in [0.15, 0.2) is 5.82 Å². The quantitative estimate of drug-likeness (QED) is 0.639. The van der Waals surface area contributed by atoms with Gasteiger partial charge in [-0.25, -0.2) is 4.39 Å². The van der Waals surface area contributed by atoms with Gasteiger partial charge in [0.05, 0.1) is 23.2 Å². The molecule has 2 heterocycles. The van der Waals surface area contributed by atoms with Crippen LogP contribution in [-0.4, -0.2) is 16.1 Å². The lowest BCUT2D eigenvalue weighted by Crippen LogP contribution is -2.13. The second-order valence-corrected chi connectivity index (χ2v) is 6.33. The van der Waals surface area contributed by atoms with Crippen molar-refractivity contribution in [2.24, 2.45) is 0 Å². The number of aromatic nitrogens is 2. The molecule has 148 valence electrons. The summed E-state index contributed by atoms with van der Waals surface area (Å²) in [7, 11) is 0. The zero-order valence-electron chi connectivity index (χ0n) is 16.3. The third-order valence-electron chi connectivity index (χ3n) is 4.54. The van der Waals surface area contributed by atoms with Crippen molar-refractivity contribution < 1.29 is 13.6 Å². The van der Waals surface area contributed by atoms with Crippen LogP contribution in [0.25, 0.3) is 0 Å². The van der Waals surface area contributed by atoms with Gasteiger partial charge in [-0.2, -0.15) is 10.4 Å². The molecule has 3 aromatic rings. The largest absolute Gasteiger partial charge is 0.469 e. The van der Waals surface area contributed by atoms with Gasteiger partial charge in [-0.3, -0.25) is 4.79 Å². The second kappa shape index (κ2) is 8.52. The predicted molar refractivity (Wildman–Crippen MR) is 107 cm³/mol. The van der Waals surface area contributed by atoms with Crippen LogP contribution in [-0.2, 0) is 12.8 Å². The maximum Gasteiger partial charge on any atom is 0.259 e. The Kier molecular flexibility index (Phi) is 5.88. The van der Waals surface area contributed by atoms with Gasteiger partial charge in [0.25, 0.3) is 5.91 Å². The smallest absolute Gasteiger partial charge is 0.259 e. The number of anilines is 3. The number of furan rings is 1. The minimum atomic E-state index is -0.591. The van der Waals surface area contributed by atoms with Crippen molar-refractivity contribution in [3.63, 3.8) is 0 Å². The van der Waals surface area contributed by atoms with Crippen molar-refractivity contribution in [2.75, 3.05) is 10.6 Å². The monoisotopic (exact) mass is 393 g/mol. The summed E-state index contributed by atoms with van der Waals surface area (Å²) in [5, 5.41) is 23.4. The van der Waals surface area contributed by atoms with Crippen LogP contribution in [0.5, 0.6) is 0 Å². The highest BCUT2D eigenvalue weighted by Crippen LogP contribution is 2.26. The first-order chi connectivity index (χ1) is 14.0. The van der Waals surface area contributed by atoms with Crippen LogP contribution in [0, 0.1) is 24.1 Å². The number of benzene rings is 1. The minimum absolute atomic E-state index is 0.00652. The van der Waals surface area contributed by atoms with E-state index in [4.69, 9.17) is 4.42 Å². The Morgan fingerprint density at radius 2 is 2.03 bits per heavy atom. The number of aryl methyl sites for hydroxylation is 2. The molecule has 0 atom stereocenters. The molecule has 8 heteroatoms. The molecule has 0 aliphatic heterocycles. The Morgan fingerprint density at radius 1 is 1.24 bits per heavy atom. The van der Waals surface area contributed by atoms with E-state index < -0.39 is 11.7 Å². The molecule has 29 heavy (non-hydrogen) atoms. The van der Waals surface area contributed by atoms with Crippen molar-refractivity contribution in [3.8, 4) is 6.07 Å². The van der Waals surface area contributed by atoms with Crippen molar-refractivity contribution in [2.45, 2.75) is 33.6 Å². The lowest BCUT2D eigenvalue weighted by Gasteiger charge is -2.13. The Balaban J connectivity index is 1.90. The van der Waals surface area contributed by atoms with E-state index in [-0.39, 0.29) is 11.5 Å². The van der Waals surface area contributed by atoms with E-state index in [1.165, 1.54) is 30.5 Å². The molecule has 0 spiro atoms. The summed E-state index contributed by atoms with van der Waals surface area (Å²) < 4.78 is 19.3. The fourth-order valence-corrected chi connectivity index (χ4v) is 3.03. The lowest BCUT2D eigenvalue weighted by atomic mass is 10.0. The van der Waals surface area contributed by atoms with Gasteiger partial charge in [0.2, 0.25) is 0 Å². The van der Waals surface area contributed by atoms with Gasteiger partial charge >= 0.3 is 0 Å². The first-order valence-corrected chi connectivity index (χ1v) is 9.19. The zero-order valence-corrected chi connectivity index (χ0v) is 16.3. The molecule has 0 bridgehead atoms. The molecule has 0 aliphatic carbocycles. The second-order valence-electron chi connectivity index (χ2n) is 6.33. The molecule has 0 fully saturated rings. The molecule has 3 rings (SSSR count). The Labute approximate surface area is 167 Å². The summed E-state index contributed by atoms with van der Waals surface area (Å²) in [6.45, 7) is 5.55. The molecule has 0 radical (unpaired) electrons. The molecule has 1 aromatic carbocycles. The average molecular weight is 393 g/mol. The fourth-order valence-electron chi connectivity index (χ4n) is 3.03. The van der Waals surface area contributed by atoms with Crippen LogP contribution in [0.1, 0.15) is 46.8 Å². The number of nitriles is 1. The van der Waals surface area contributed by atoms with E-state index in [1.54, 1.807) is 6.92 Å². The Bertz CT molecular complexity index is 1100. The van der Waals surface area contributed by atoms with Crippen LogP contribution in [0.3, 0.4) is 0 Å². The van der Waals surface area contributed by atoms with Gasteiger partial charge < -0.3 is 15.1 Å². The number of carbonyl (C=O) groups excluding carboxylic acids is 1. The molecule has 2 aromatic heterocycles. The first-order valence-electron chi connectivity index (χ1n) is 9.19. The molecule has 0 aliphatic rings. The number of nitrogens with one attached hydrogen (secondary N) is 2. The molecular formula is C21H20FN5O2. The van der Waals surface area contributed by atoms with Crippen molar-refractivity contribution in [1.29, 1.82) is 5.26 Å². The number of amides is 1. The number of halogens is 1. The molecular weight excluding hydrogens is 373 g/mol. The van der Waals surface area contributed by atoms with Crippen molar-refractivity contribution in [3.05, 3.63) is 64.5 Å². The highest BCUT2D eigenvalue weighted by Gasteiger charge is 2.17. The van der Waals surface area contributed by atoms with Gasteiger partial charge in [-0.05, 0) is 49.6 Å². The number of carbonyl (C=O) groups is 1. The minimum Gasteiger partial charge on any atom is -0.469 e. The molecule has 1 amide bonds. The Morgan fingerprint density at radius 3 is 2.66 bits per heavy atom. The summed E-state index contributed by atoms with van der Waals surface area (Å²) >= 11 is 0. The van der Waals surface area contributed by atoms with E-state index in [0.29, 0.717) is 35.4 Å². The normalized spacial score (nSPS) is 10.4. The van der Waals surface area contributed by atoms with Gasteiger partial charge in [0.1, 0.15) is 23.2 Å². The van der Waals surface area contributed by atoms with E-state index in [0.717, 1.165) is 11.3 Å². The maximum atomic E-state index is 14.2. The zero-order chi connectivity index (χ0) is 21.0. The molecule has 0 saturated carbocycles. The van der Waals surface area contributed by atoms with E-state index in [2.05, 4.69) is 26.9 Å². The third-order valence-corrected chi connectivity index (χ3v) is 4.54. The molecule has 0 unspecified atom stereocenters. The van der Waals surface area contributed by atoms with E-state index in [9.17, 15) is 14.4 Å². The summed E-state index contributed by atoms with van der Waals surface area (Å²) in [5.74, 6) is -0.345. The number of nitrogens with zero attached hydrogens (tertiary/aromatic N) is 3. The molecule has 7 nitrogen and oxygen atoms in total. The summed E-state index contributed by atoms with van der Waals surface area (Å²) in [4.78, 5) is 12.3. The van der Waals surface area contributed by atoms with Gasteiger partial charge in [-0.15, -0.1) is 5.10 Å². The van der Waals surface area contributed by atoms with Crippen molar-refractivity contribution in [1.82, 2.24) is 10.2 Å². The predicted octanol–water partition coefficient (Wildman–Crippen LogP) is 4.51. The average Bonchev–Trinajstić information content (AvgIpc) is 3.15. The third kappa shape index (κ3) is 4.09. The van der Waals surface area contributed by atoms with Gasteiger partial charge in [-0.1, -0.05) is 13.8 Å². The van der Waals surface area contributed by atoms with E-state index >= 15 is 0 Å². The van der Waals surface area contributed by atoms with Crippen LogP contribution < -0.4 is 10.6 Å². The number of rotatable bonds is 6. The van der Waals surface area contributed by atoms with Crippen LogP contribution >= 0.6 is 0 Å². The number of hydrogen-bond acceptors (Lipinski definition) is 6.